The van der Waals surface area contributed by atoms with E-state index in [0.717, 1.165) is 51.1 Å². The van der Waals surface area contributed by atoms with Crippen molar-refractivity contribution >= 4 is 16.1 Å². The lowest BCUT2D eigenvalue weighted by Gasteiger charge is -2.32. The molecular weight excluding hydrogens is 370 g/mol. The molecule has 1 unspecified atom stereocenters. The Bertz CT molecular complexity index is 790. The predicted molar refractivity (Wildman–Crippen MR) is 100 cm³/mol. The van der Waals surface area contributed by atoms with Gasteiger partial charge in [-0.25, -0.2) is 18.4 Å². The molecule has 0 radical (unpaired) electrons. The highest BCUT2D eigenvalue weighted by Gasteiger charge is 2.41. The molecule has 2 heterocycles. The Balaban J connectivity index is 1.53. The van der Waals surface area contributed by atoms with E-state index in [9.17, 15) is 13.2 Å². The summed E-state index contributed by atoms with van der Waals surface area (Å²) < 4.78 is 34.0. The van der Waals surface area contributed by atoms with Crippen molar-refractivity contribution < 1.29 is 22.7 Å². The molecule has 150 valence electrons. The molecule has 1 spiro atoms. The summed E-state index contributed by atoms with van der Waals surface area (Å²) in [4.78, 5) is 14.2. The van der Waals surface area contributed by atoms with E-state index in [4.69, 9.17) is 14.6 Å². The maximum absolute atomic E-state index is 12.4. The number of nitrogens with zero attached hydrogens (tertiary/aromatic N) is 1. The highest BCUT2D eigenvalue weighted by Crippen LogP contribution is 2.37. The van der Waals surface area contributed by atoms with Gasteiger partial charge in [-0.1, -0.05) is 6.07 Å². The first-order chi connectivity index (χ1) is 12.8. The van der Waals surface area contributed by atoms with Crippen LogP contribution < -0.4 is 15.2 Å². The molecule has 8 nitrogen and oxygen atoms in total. The predicted octanol–water partition coefficient (Wildman–Crippen LogP) is 1.10. The van der Waals surface area contributed by atoms with Crippen molar-refractivity contribution in [2.45, 2.75) is 30.6 Å². The van der Waals surface area contributed by atoms with E-state index in [2.05, 4.69) is 5.32 Å². The van der Waals surface area contributed by atoms with Gasteiger partial charge in [0.2, 0.25) is 10.0 Å². The number of benzene rings is 1. The Hall–Kier alpha value is -1.84. The number of primary sulfonamides is 1. The summed E-state index contributed by atoms with van der Waals surface area (Å²) in [6, 6.07) is 4.75. The second-order valence-corrected chi connectivity index (χ2v) is 8.87. The Kier molecular flexibility index (Phi) is 5.92. The molecule has 2 aliphatic heterocycles. The van der Waals surface area contributed by atoms with E-state index in [-0.39, 0.29) is 22.1 Å². The Morgan fingerprint density at radius 3 is 2.89 bits per heavy atom. The van der Waals surface area contributed by atoms with Gasteiger partial charge in [-0.15, -0.1) is 0 Å². The van der Waals surface area contributed by atoms with Crippen LogP contribution in [0.2, 0.25) is 0 Å². The first-order valence-electron chi connectivity index (χ1n) is 9.13. The first kappa shape index (κ1) is 19.9. The molecule has 1 aromatic rings. The lowest BCUT2D eigenvalue weighted by molar-refractivity contribution is -0.000428. The molecule has 27 heavy (non-hydrogen) atoms. The second kappa shape index (κ2) is 8.04. The van der Waals surface area contributed by atoms with Crippen molar-refractivity contribution in [3.63, 3.8) is 0 Å². The van der Waals surface area contributed by atoms with Crippen molar-refractivity contribution in [3.8, 4) is 5.75 Å². The number of rotatable bonds is 5. The molecule has 2 saturated heterocycles. The number of hydrogen-bond donors (Lipinski definition) is 2. The maximum atomic E-state index is 12.4. The fourth-order valence-corrected chi connectivity index (χ4v) is 4.61. The van der Waals surface area contributed by atoms with Gasteiger partial charge >= 0.3 is 6.03 Å². The van der Waals surface area contributed by atoms with Crippen LogP contribution in [-0.4, -0.2) is 59.3 Å². The van der Waals surface area contributed by atoms with E-state index in [1.165, 1.54) is 13.2 Å². The topological polar surface area (TPSA) is 111 Å². The number of likely N-dealkylation sites (tertiary alicyclic amines) is 1. The van der Waals surface area contributed by atoms with Crippen LogP contribution in [-0.2, 0) is 21.2 Å². The van der Waals surface area contributed by atoms with Gasteiger partial charge in [0, 0.05) is 31.7 Å². The van der Waals surface area contributed by atoms with Crippen LogP contribution in [0, 0.1) is 5.41 Å². The lowest BCUT2D eigenvalue weighted by atomic mass is 9.82. The summed E-state index contributed by atoms with van der Waals surface area (Å²) in [6.45, 7) is 3.44. The Morgan fingerprint density at radius 1 is 1.41 bits per heavy atom. The van der Waals surface area contributed by atoms with Gasteiger partial charge in [-0.2, -0.15) is 0 Å². The number of nitrogens with two attached hydrogens (primary N) is 1. The maximum Gasteiger partial charge on any atom is 0.317 e. The number of hydrogen-bond acceptors (Lipinski definition) is 5. The normalized spacial score (nSPS) is 22.8. The molecule has 2 aliphatic rings. The summed E-state index contributed by atoms with van der Waals surface area (Å²) in [7, 11) is -2.48. The number of ether oxygens (including phenoxy) is 2. The number of carbonyl (C=O) groups excluding carboxylic acids is 1. The van der Waals surface area contributed by atoms with Gasteiger partial charge in [0.1, 0.15) is 10.6 Å². The Morgan fingerprint density at radius 2 is 2.22 bits per heavy atom. The van der Waals surface area contributed by atoms with Gasteiger partial charge in [0.15, 0.2) is 0 Å². The first-order valence-corrected chi connectivity index (χ1v) is 10.7. The molecule has 0 aliphatic carbocycles. The molecule has 3 N–H and O–H groups in total. The van der Waals surface area contributed by atoms with Crippen molar-refractivity contribution in [1.82, 2.24) is 10.2 Å². The standard InChI is InChI=1S/C18H27N3O5S/c1-25-15-4-3-14(11-16(15)27(19,23)24)5-8-20-17(22)21-9-7-18(12-21)6-2-10-26-13-18/h3-4,11H,2,5-10,12-13H2,1H3,(H,20,22)(H2,19,23,24). The molecule has 9 heteroatoms. The molecular formula is C18H27N3O5S. The third-order valence-electron chi connectivity index (χ3n) is 5.35. The van der Waals surface area contributed by atoms with E-state index < -0.39 is 10.0 Å². The van der Waals surface area contributed by atoms with Gasteiger partial charge in [0.05, 0.1) is 13.7 Å². The summed E-state index contributed by atoms with van der Waals surface area (Å²) in [5.74, 6) is 0.211. The number of urea groups is 1. The van der Waals surface area contributed by atoms with Crippen molar-refractivity contribution in [2.24, 2.45) is 10.6 Å². The molecule has 2 amide bonds. The molecule has 0 bridgehead atoms. The minimum absolute atomic E-state index is 0.0485. The monoisotopic (exact) mass is 397 g/mol. The zero-order valence-corrected chi connectivity index (χ0v) is 16.4. The highest BCUT2D eigenvalue weighted by atomic mass is 32.2. The van der Waals surface area contributed by atoms with Crippen LogP contribution in [0.1, 0.15) is 24.8 Å². The summed E-state index contributed by atoms with van der Waals surface area (Å²) in [5, 5.41) is 8.15. The summed E-state index contributed by atoms with van der Waals surface area (Å²) in [6.07, 6.45) is 3.65. The molecule has 0 saturated carbocycles. The van der Waals surface area contributed by atoms with Gasteiger partial charge < -0.3 is 19.7 Å². The third-order valence-corrected chi connectivity index (χ3v) is 6.29. The molecule has 0 aromatic heterocycles. The Labute approximate surface area is 160 Å². The molecule has 1 atom stereocenters. The van der Waals surface area contributed by atoms with Crippen molar-refractivity contribution in [2.75, 3.05) is 40.0 Å². The number of nitrogens with one attached hydrogen (secondary N) is 1. The number of methoxy groups -OCH3 is 1. The van der Waals surface area contributed by atoms with Crippen LogP contribution in [0.3, 0.4) is 0 Å². The van der Waals surface area contributed by atoms with Crippen LogP contribution >= 0.6 is 0 Å². The number of amides is 2. The van der Waals surface area contributed by atoms with Gasteiger partial charge in [-0.3, -0.25) is 0 Å². The van der Waals surface area contributed by atoms with Gasteiger partial charge in [-0.05, 0) is 43.4 Å². The quantitative estimate of drug-likeness (QED) is 0.773. The minimum atomic E-state index is -3.87. The van der Waals surface area contributed by atoms with Crippen molar-refractivity contribution in [1.29, 1.82) is 0 Å². The van der Waals surface area contributed by atoms with Crippen LogP contribution in [0.5, 0.6) is 5.75 Å². The fourth-order valence-electron chi connectivity index (χ4n) is 3.86. The number of carbonyl (C=O) groups is 1. The smallest absolute Gasteiger partial charge is 0.317 e. The average molecular weight is 397 g/mol. The molecule has 2 fully saturated rings. The van der Waals surface area contributed by atoms with E-state index in [0.29, 0.717) is 13.0 Å². The molecule has 3 rings (SSSR count). The lowest BCUT2D eigenvalue weighted by Crippen LogP contribution is -2.42. The van der Waals surface area contributed by atoms with Crippen LogP contribution in [0.4, 0.5) is 4.79 Å². The second-order valence-electron chi connectivity index (χ2n) is 7.34. The summed E-state index contributed by atoms with van der Waals surface area (Å²) in [5.41, 5.74) is 0.884. The average Bonchev–Trinajstić information content (AvgIpc) is 3.05. The van der Waals surface area contributed by atoms with Gasteiger partial charge in [0.25, 0.3) is 0 Å². The highest BCUT2D eigenvalue weighted by molar-refractivity contribution is 7.89. The van der Waals surface area contributed by atoms with Crippen LogP contribution in [0.25, 0.3) is 0 Å². The zero-order chi connectivity index (χ0) is 19.5. The van der Waals surface area contributed by atoms with Crippen molar-refractivity contribution in [3.05, 3.63) is 23.8 Å². The largest absolute Gasteiger partial charge is 0.495 e. The third kappa shape index (κ3) is 4.72. The molecule has 1 aromatic carbocycles. The SMILES string of the molecule is COc1ccc(CCNC(=O)N2CCC3(CCCOC3)C2)cc1S(N)(=O)=O. The summed E-state index contributed by atoms with van der Waals surface area (Å²) >= 11 is 0. The number of sulfonamides is 1. The van der Waals surface area contributed by atoms with E-state index >= 15 is 0 Å². The van der Waals surface area contributed by atoms with Crippen LogP contribution in [0.15, 0.2) is 23.1 Å². The van der Waals surface area contributed by atoms with E-state index in [1.807, 2.05) is 4.90 Å². The minimum Gasteiger partial charge on any atom is -0.495 e. The zero-order valence-electron chi connectivity index (χ0n) is 15.6. The fraction of sp³-hybridized carbons (Fsp3) is 0.611. The van der Waals surface area contributed by atoms with E-state index in [1.54, 1.807) is 12.1 Å².